The molecular weight excluding hydrogens is 487 g/mol. The number of carbonyl (C=O) groups is 1. The van der Waals surface area contributed by atoms with Crippen LogP contribution >= 0.6 is 24.0 Å². The van der Waals surface area contributed by atoms with Crippen LogP contribution in [0.2, 0.25) is 0 Å². The second kappa shape index (κ2) is 12.6. The minimum Gasteiger partial charge on any atom is -0.357 e. The SMILES string of the molecule is CCNC(=NCCc1ccc(NC(C)=O)cc1)N1CCC(Cc2ccccc2)C1.I. The van der Waals surface area contributed by atoms with Crippen LogP contribution in [0, 0.1) is 5.92 Å². The lowest BCUT2D eigenvalue weighted by Crippen LogP contribution is -2.40. The fourth-order valence-corrected chi connectivity index (χ4v) is 3.81. The number of nitrogens with zero attached hydrogens (tertiary/aromatic N) is 2. The Balaban J connectivity index is 0.00000320. The summed E-state index contributed by atoms with van der Waals surface area (Å²) in [5.74, 6) is 1.66. The van der Waals surface area contributed by atoms with Crippen molar-refractivity contribution >= 4 is 41.5 Å². The van der Waals surface area contributed by atoms with Crippen LogP contribution in [0.25, 0.3) is 0 Å². The average molecular weight is 520 g/mol. The number of hydrogen-bond acceptors (Lipinski definition) is 2. The Morgan fingerprint density at radius 1 is 1.10 bits per heavy atom. The Bertz CT molecular complexity index is 808. The zero-order valence-electron chi connectivity index (χ0n) is 17.9. The van der Waals surface area contributed by atoms with E-state index in [1.807, 2.05) is 12.1 Å². The van der Waals surface area contributed by atoms with Crippen molar-refractivity contribution in [1.82, 2.24) is 10.2 Å². The lowest BCUT2D eigenvalue weighted by atomic mass is 9.99. The van der Waals surface area contributed by atoms with Crippen molar-refractivity contribution in [3.8, 4) is 0 Å². The molecule has 30 heavy (non-hydrogen) atoms. The van der Waals surface area contributed by atoms with Crippen molar-refractivity contribution in [2.45, 2.75) is 33.1 Å². The number of hydrogen-bond donors (Lipinski definition) is 2. The van der Waals surface area contributed by atoms with Gasteiger partial charge in [-0.3, -0.25) is 9.79 Å². The Morgan fingerprint density at radius 3 is 2.50 bits per heavy atom. The Labute approximate surface area is 197 Å². The average Bonchev–Trinajstić information content (AvgIpc) is 3.17. The van der Waals surface area contributed by atoms with Gasteiger partial charge in [0, 0.05) is 38.8 Å². The lowest BCUT2D eigenvalue weighted by Gasteiger charge is -2.21. The largest absolute Gasteiger partial charge is 0.357 e. The van der Waals surface area contributed by atoms with Gasteiger partial charge in [0.25, 0.3) is 0 Å². The van der Waals surface area contributed by atoms with Gasteiger partial charge >= 0.3 is 0 Å². The minimum absolute atomic E-state index is 0. The molecule has 3 rings (SSSR count). The summed E-state index contributed by atoms with van der Waals surface area (Å²) in [6, 6.07) is 18.8. The molecule has 1 aliphatic heterocycles. The van der Waals surface area contributed by atoms with E-state index in [4.69, 9.17) is 4.99 Å². The third kappa shape index (κ3) is 7.63. The number of amides is 1. The van der Waals surface area contributed by atoms with Gasteiger partial charge in [0.15, 0.2) is 5.96 Å². The van der Waals surface area contributed by atoms with E-state index in [1.54, 1.807) is 0 Å². The molecule has 0 spiro atoms. The van der Waals surface area contributed by atoms with Crippen molar-refractivity contribution in [3.63, 3.8) is 0 Å². The molecule has 0 aliphatic carbocycles. The van der Waals surface area contributed by atoms with Crippen molar-refractivity contribution in [2.24, 2.45) is 10.9 Å². The number of anilines is 1. The third-order valence-corrected chi connectivity index (χ3v) is 5.22. The molecule has 1 atom stereocenters. The van der Waals surface area contributed by atoms with E-state index in [9.17, 15) is 4.79 Å². The summed E-state index contributed by atoms with van der Waals surface area (Å²) in [5.41, 5.74) is 3.48. The molecule has 1 fully saturated rings. The molecule has 0 bridgehead atoms. The van der Waals surface area contributed by atoms with Gasteiger partial charge in [-0.1, -0.05) is 42.5 Å². The molecule has 1 saturated heterocycles. The number of benzene rings is 2. The molecule has 0 radical (unpaired) electrons. The van der Waals surface area contributed by atoms with E-state index in [1.165, 1.54) is 24.5 Å². The van der Waals surface area contributed by atoms with Gasteiger partial charge in [-0.05, 0) is 55.4 Å². The van der Waals surface area contributed by atoms with Gasteiger partial charge in [-0.15, -0.1) is 24.0 Å². The summed E-state index contributed by atoms with van der Waals surface area (Å²) in [6.07, 6.45) is 3.23. The number of likely N-dealkylation sites (tertiary alicyclic amines) is 1. The highest BCUT2D eigenvalue weighted by atomic mass is 127. The first-order chi connectivity index (χ1) is 14.1. The zero-order valence-corrected chi connectivity index (χ0v) is 20.3. The first-order valence-corrected chi connectivity index (χ1v) is 10.6. The maximum Gasteiger partial charge on any atom is 0.221 e. The van der Waals surface area contributed by atoms with Gasteiger partial charge in [-0.2, -0.15) is 0 Å². The summed E-state index contributed by atoms with van der Waals surface area (Å²) >= 11 is 0. The first kappa shape index (κ1) is 24.2. The summed E-state index contributed by atoms with van der Waals surface area (Å²) in [4.78, 5) is 18.4. The lowest BCUT2D eigenvalue weighted by molar-refractivity contribution is -0.114. The van der Waals surface area contributed by atoms with E-state index >= 15 is 0 Å². The Hall–Kier alpha value is -2.09. The van der Waals surface area contributed by atoms with E-state index < -0.39 is 0 Å². The molecule has 1 aliphatic rings. The number of halogens is 1. The molecular formula is C24H33IN4O. The number of aliphatic imine (C=N–C) groups is 1. The topological polar surface area (TPSA) is 56.7 Å². The van der Waals surface area contributed by atoms with Crippen LogP contribution in [0.3, 0.4) is 0 Å². The maximum atomic E-state index is 11.1. The number of nitrogens with one attached hydrogen (secondary N) is 2. The molecule has 0 saturated carbocycles. The van der Waals surface area contributed by atoms with Gasteiger partial charge in [0.05, 0.1) is 0 Å². The van der Waals surface area contributed by atoms with Crippen LogP contribution in [-0.4, -0.2) is 42.9 Å². The normalized spacial score (nSPS) is 16.1. The van der Waals surface area contributed by atoms with Crippen molar-refractivity contribution < 1.29 is 4.79 Å². The van der Waals surface area contributed by atoms with E-state index in [0.717, 1.165) is 50.7 Å². The van der Waals surface area contributed by atoms with Crippen LogP contribution in [0.15, 0.2) is 59.6 Å². The summed E-state index contributed by atoms with van der Waals surface area (Å²) in [7, 11) is 0. The fourth-order valence-electron chi connectivity index (χ4n) is 3.81. The van der Waals surface area contributed by atoms with Gasteiger partial charge < -0.3 is 15.5 Å². The highest BCUT2D eigenvalue weighted by Crippen LogP contribution is 2.21. The molecule has 1 heterocycles. The number of guanidine groups is 1. The summed E-state index contributed by atoms with van der Waals surface area (Å²) < 4.78 is 0. The molecule has 2 aromatic carbocycles. The van der Waals surface area contributed by atoms with Gasteiger partial charge in [0.2, 0.25) is 5.91 Å². The first-order valence-electron chi connectivity index (χ1n) is 10.6. The fraction of sp³-hybridized carbons (Fsp3) is 0.417. The van der Waals surface area contributed by atoms with Crippen molar-refractivity contribution in [1.29, 1.82) is 0 Å². The highest BCUT2D eigenvalue weighted by molar-refractivity contribution is 14.0. The van der Waals surface area contributed by atoms with E-state index in [0.29, 0.717) is 5.92 Å². The van der Waals surface area contributed by atoms with Crippen LogP contribution in [-0.2, 0) is 17.6 Å². The Kier molecular flexibility index (Phi) is 10.1. The molecule has 1 amide bonds. The molecule has 162 valence electrons. The van der Waals surface area contributed by atoms with Crippen molar-refractivity contribution in [3.05, 3.63) is 65.7 Å². The molecule has 0 aromatic heterocycles. The quantitative estimate of drug-likeness (QED) is 0.325. The molecule has 5 nitrogen and oxygen atoms in total. The molecule has 6 heteroatoms. The predicted molar refractivity (Wildman–Crippen MR) is 136 cm³/mol. The van der Waals surface area contributed by atoms with Crippen molar-refractivity contribution in [2.75, 3.05) is 31.5 Å². The number of rotatable bonds is 7. The zero-order chi connectivity index (χ0) is 20.5. The second-order valence-corrected chi connectivity index (χ2v) is 7.65. The minimum atomic E-state index is -0.0474. The second-order valence-electron chi connectivity index (χ2n) is 7.65. The Morgan fingerprint density at radius 2 is 1.83 bits per heavy atom. The van der Waals surface area contributed by atoms with E-state index in [-0.39, 0.29) is 29.9 Å². The predicted octanol–water partition coefficient (Wildman–Crippen LogP) is 4.34. The molecule has 2 N–H and O–H groups in total. The molecule has 1 unspecified atom stereocenters. The molecule has 2 aromatic rings. The summed E-state index contributed by atoms with van der Waals surface area (Å²) in [6.45, 7) is 7.40. The van der Waals surface area contributed by atoms with Gasteiger partial charge in [0.1, 0.15) is 0 Å². The van der Waals surface area contributed by atoms with Crippen LogP contribution in [0.1, 0.15) is 31.4 Å². The number of carbonyl (C=O) groups excluding carboxylic acids is 1. The standard InChI is InChI=1S/C24H32N4O.HI/c1-3-25-24(26-15-13-20-9-11-23(12-10-20)27-19(2)29)28-16-14-22(18-28)17-21-7-5-4-6-8-21;/h4-12,22H,3,13-18H2,1-2H3,(H,25,26)(H,27,29);1H. The highest BCUT2D eigenvalue weighted by Gasteiger charge is 2.24. The third-order valence-electron chi connectivity index (χ3n) is 5.22. The van der Waals surface area contributed by atoms with Crippen LogP contribution < -0.4 is 10.6 Å². The van der Waals surface area contributed by atoms with Gasteiger partial charge in [-0.25, -0.2) is 0 Å². The smallest absolute Gasteiger partial charge is 0.221 e. The summed E-state index contributed by atoms with van der Waals surface area (Å²) in [5, 5.41) is 6.25. The van der Waals surface area contributed by atoms with Crippen LogP contribution in [0.5, 0.6) is 0 Å². The monoisotopic (exact) mass is 520 g/mol. The maximum absolute atomic E-state index is 11.1. The van der Waals surface area contributed by atoms with E-state index in [2.05, 4.69) is 64.9 Å². The van der Waals surface area contributed by atoms with Crippen LogP contribution in [0.4, 0.5) is 5.69 Å².